The van der Waals surface area contributed by atoms with Crippen LogP contribution in [0.5, 0.6) is 11.5 Å². The van der Waals surface area contributed by atoms with E-state index in [9.17, 15) is 26.3 Å². The van der Waals surface area contributed by atoms with E-state index in [1.165, 1.54) is 48.5 Å². The Morgan fingerprint density at radius 1 is 0.565 bits per heavy atom. The molecule has 9 heteroatoms. The lowest BCUT2D eigenvalue weighted by molar-refractivity contribution is -0.597. The first-order chi connectivity index (χ1) is 10.6. The average molecular weight is 449 g/mol. The van der Waals surface area contributed by atoms with Crippen molar-refractivity contribution in [3.8, 4) is 11.5 Å². The molecule has 0 unspecified atom stereocenters. The summed E-state index contributed by atoms with van der Waals surface area (Å²) in [5.41, 5.74) is 0. The van der Waals surface area contributed by atoms with Crippen molar-refractivity contribution in [3.05, 3.63) is 55.7 Å². The van der Waals surface area contributed by atoms with Crippen molar-refractivity contribution in [1.82, 2.24) is 0 Å². The molecular formula is C14H8F6IO2+. The Balaban J connectivity index is 1.99. The average Bonchev–Trinajstić information content (AvgIpc) is 2.40. The fourth-order valence-corrected chi connectivity index (χ4v) is 3.68. The highest BCUT2D eigenvalue weighted by Gasteiger charge is 2.32. The lowest BCUT2D eigenvalue weighted by atomic mass is 10.3. The van der Waals surface area contributed by atoms with Crippen LogP contribution in [0.2, 0.25) is 0 Å². The van der Waals surface area contributed by atoms with E-state index in [2.05, 4.69) is 9.47 Å². The van der Waals surface area contributed by atoms with Gasteiger partial charge in [-0.1, -0.05) is 0 Å². The molecule has 2 nitrogen and oxygen atoms in total. The largest absolute Gasteiger partial charge is 0.573 e. The molecule has 0 atom stereocenters. The van der Waals surface area contributed by atoms with Crippen LogP contribution >= 0.6 is 0 Å². The fourth-order valence-electron chi connectivity index (χ4n) is 1.52. The number of alkyl halides is 6. The van der Waals surface area contributed by atoms with E-state index in [4.69, 9.17) is 0 Å². The topological polar surface area (TPSA) is 18.5 Å². The normalized spacial score (nSPS) is 12.1. The van der Waals surface area contributed by atoms with Gasteiger partial charge < -0.3 is 9.47 Å². The van der Waals surface area contributed by atoms with E-state index in [1.54, 1.807) is 0 Å². The lowest BCUT2D eigenvalue weighted by Crippen LogP contribution is -3.61. The molecule has 2 rings (SSSR count). The summed E-state index contributed by atoms with van der Waals surface area (Å²) >= 11 is -0.739. The SMILES string of the molecule is FC(F)(F)Oc1ccc([I+]c2ccc(OC(F)(F)F)cc2)cc1. The van der Waals surface area contributed by atoms with Gasteiger partial charge in [0.2, 0.25) is 0 Å². The summed E-state index contributed by atoms with van der Waals surface area (Å²) in [5, 5.41) is 0. The van der Waals surface area contributed by atoms with Crippen LogP contribution < -0.4 is 30.7 Å². The summed E-state index contributed by atoms with van der Waals surface area (Å²) in [6.07, 6.45) is -9.49. The molecule has 0 fully saturated rings. The Bertz CT molecular complexity index is 577. The number of hydrogen-bond donors (Lipinski definition) is 0. The van der Waals surface area contributed by atoms with E-state index in [0.29, 0.717) is 0 Å². The highest BCUT2D eigenvalue weighted by Crippen LogP contribution is 2.22. The summed E-state index contributed by atoms with van der Waals surface area (Å²) < 4.78 is 81.3. The third-order valence-corrected chi connectivity index (χ3v) is 5.00. The number of hydrogen-bond acceptors (Lipinski definition) is 2. The first-order valence-electron chi connectivity index (χ1n) is 5.97. The van der Waals surface area contributed by atoms with Crippen LogP contribution in [-0.4, -0.2) is 12.7 Å². The molecule has 124 valence electrons. The Morgan fingerprint density at radius 3 is 1.13 bits per heavy atom. The Morgan fingerprint density at radius 2 is 0.870 bits per heavy atom. The molecule has 0 aliphatic rings. The first kappa shape index (κ1) is 17.7. The van der Waals surface area contributed by atoms with Crippen LogP contribution in [0.25, 0.3) is 0 Å². The summed E-state index contributed by atoms with van der Waals surface area (Å²) in [5.74, 6) is -0.640. The van der Waals surface area contributed by atoms with Gasteiger partial charge in [0, 0.05) is 0 Å². The van der Waals surface area contributed by atoms with Crippen LogP contribution in [0, 0.1) is 7.14 Å². The van der Waals surface area contributed by atoms with Gasteiger partial charge in [0.1, 0.15) is 11.5 Å². The van der Waals surface area contributed by atoms with Gasteiger partial charge in [0.15, 0.2) is 7.14 Å². The zero-order valence-corrected chi connectivity index (χ0v) is 13.2. The maximum absolute atomic E-state index is 12.0. The molecule has 0 bridgehead atoms. The molecule has 0 aliphatic carbocycles. The molecule has 0 aromatic heterocycles. The number of benzene rings is 2. The predicted octanol–water partition coefficient (Wildman–Crippen LogP) is 1.61. The highest BCUT2D eigenvalue weighted by atomic mass is 127. The Hall–Kier alpha value is -1.65. The summed E-state index contributed by atoms with van der Waals surface area (Å²) in [7, 11) is 0. The molecular weight excluding hydrogens is 441 g/mol. The van der Waals surface area contributed by atoms with Gasteiger partial charge in [-0.15, -0.1) is 26.3 Å². The Labute approximate surface area is 137 Å². The van der Waals surface area contributed by atoms with Crippen molar-refractivity contribution < 1.29 is 57.0 Å². The molecule has 0 saturated heterocycles. The Kier molecular flexibility index (Phi) is 5.27. The molecule has 0 heterocycles. The minimum Gasteiger partial charge on any atom is -0.406 e. The van der Waals surface area contributed by atoms with Gasteiger partial charge in [-0.05, 0) is 48.5 Å². The zero-order valence-electron chi connectivity index (χ0n) is 11.1. The van der Waals surface area contributed by atoms with Gasteiger partial charge in [-0.25, -0.2) is 0 Å². The van der Waals surface area contributed by atoms with Crippen molar-refractivity contribution in [1.29, 1.82) is 0 Å². The zero-order chi connectivity index (χ0) is 17.1. The van der Waals surface area contributed by atoms with Crippen molar-refractivity contribution in [2.75, 3.05) is 0 Å². The van der Waals surface area contributed by atoms with Gasteiger partial charge in [0.05, 0.1) is 0 Å². The van der Waals surface area contributed by atoms with Crippen LogP contribution in [0.3, 0.4) is 0 Å². The molecule has 0 saturated carbocycles. The molecule has 23 heavy (non-hydrogen) atoms. The van der Waals surface area contributed by atoms with Gasteiger partial charge in [0.25, 0.3) is 0 Å². The van der Waals surface area contributed by atoms with Crippen LogP contribution in [0.4, 0.5) is 26.3 Å². The van der Waals surface area contributed by atoms with Gasteiger partial charge in [-0.3, -0.25) is 0 Å². The fraction of sp³-hybridized carbons (Fsp3) is 0.143. The van der Waals surface area contributed by atoms with E-state index in [0.717, 1.165) is 7.14 Å². The molecule has 0 N–H and O–H groups in total. The monoisotopic (exact) mass is 449 g/mol. The van der Waals surface area contributed by atoms with Crippen molar-refractivity contribution in [2.24, 2.45) is 0 Å². The summed E-state index contributed by atoms with van der Waals surface area (Å²) in [6, 6.07) is 10.8. The van der Waals surface area contributed by atoms with Crippen molar-refractivity contribution in [3.63, 3.8) is 0 Å². The number of ether oxygens (including phenoxy) is 2. The smallest absolute Gasteiger partial charge is 0.406 e. The maximum atomic E-state index is 12.0. The molecule has 2 aromatic carbocycles. The third kappa shape index (κ3) is 6.55. The van der Waals surface area contributed by atoms with Gasteiger partial charge in [-0.2, -0.15) is 0 Å². The molecule has 0 radical (unpaired) electrons. The van der Waals surface area contributed by atoms with E-state index >= 15 is 0 Å². The predicted molar refractivity (Wildman–Crippen MR) is 63.6 cm³/mol. The van der Waals surface area contributed by atoms with Crippen molar-refractivity contribution >= 4 is 0 Å². The minimum atomic E-state index is -4.75. The van der Waals surface area contributed by atoms with Crippen LogP contribution in [-0.2, 0) is 0 Å². The third-order valence-electron chi connectivity index (χ3n) is 2.31. The van der Waals surface area contributed by atoms with E-state index in [-0.39, 0.29) is 11.5 Å². The second kappa shape index (κ2) is 6.85. The molecule has 2 aromatic rings. The summed E-state index contributed by atoms with van der Waals surface area (Å²) in [6.45, 7) is 0. The highest BCUT2D eigenvalue weighted by molar-refractivity contribution is 5.22. The first-order valence-corrected chi connectivity index (χ1v) is 8.13. The van der Waals surface area contributed by atoms with E-state index < -0.39 is 33.9 Å². The van der Waals surface area contributed by atoms with E-state index in [1.807, 2.05) is 0 Å². The minimum absolute atomic E-state index is 0.320. The molecule has 0 aliphatic heterocycles. The second-order valence-corrected chi connectivity index (χ2v) is 7.13. The standard InChI is InChI=1S/C14H8F6IO2/c15-13(16,17)22-11-5-1-9(2-6-11)21-10-3-7-12(8-4-10)23-14(18,19)20/h1-8H/q+1. The van der Waals surface area contributed by atoms with Crippen LogP contribution in [0.1, 0.15) is 0 Å². The quantitative estimate of drug-likeness (QED) is 0.522. The summed E-state index contributed by atoms with van der Waals surface area (Å²) in [4.78, 5) is 0. The maximum Gasteiger partial charge on any atom is 0.573 e. The number of rotatable bonds is 4. The van der Waals surface area contributed by atoms with Crippen LogP contribution in [0.15, 0.2) is 48.5 Å². The molecule has 0 spiro atoms. The lowest BCUT2D eigenvalue weighted by Gasteiger charge is -2.07. The van der Waals surface area contributed by atoms with Gasteiger partial charge >= 0.3 is 33.9 Å². The molecule has 0 amide bonds. The number of halogens is 7. The van der Waals surface area contributed by atoms with Crippen molar-refractivity contribution in [2.45, 2.75) is 12.7 Å². The second-order valence-electron chi connectivity index (χ2n) is 4.10.